The molecule has 3 aliphatic heterocycles. The minimum atomic E-state index is -0.133. The number of hydrogen-bond acceptors (Lipinski definition) is 3. The Balaban J connectivity index is 1.68. The van der Waals surface area contributed by atoms with Crippen molar-refractivity contribution < 1.29 is 14.2 Å². The summed E-state index contributed by atoms with van der Waals surface area (Å²) in [7, 11) is 0. The molecule has 96 valence electrons. The van der Waals surface area contributed by atoms with E-state index in [1.54, 1.807) is 0 Å². The zero-order valence-electron chi connectivity index (χ0n) is 10.8. The predicted molar refractivity (Wildman–Crippen MR) is 65.0 cm³/mol. The van der Waals surface area contributed by atoms with E-state index in [0.717, 1.165) is 32.3 Å². The van der Waals surface area contributed by atoms with Crippen molar-refractivity contribution in [1.82, 2.24) is 0 Å². The number of hydrogen-bond donors (Lipinski definition) is 0. The summed E-state index contributed by atoms with van der Waals surface area (Å²) in [5.74, 6) is 0. The quantitative estimate of drug-likeness (QED) is 0.559. The first kappa shape index (κ1) is 11.7. The van der Waals surface area contributed by atoms with Crippen LogP contribution in [-0.4, -0.2) is 36.1 Å². The van der Waals surface area contributed by atoms with Crippen LogP contribution in [0.3, 0.4) is 0 Å². The van der Waals surface area contributed by atoms with E-state index in [-0.39, 0.29) is 23.4 Å². The van der Waals surface area contributed by atoms with Gasteiger partial charge in [0, 0.05) is 0 Å². The van der Waals surface area contributed by atoms with E-state index < -0.39 is 0 Å². The molecule has 0 amide bonds. The second-order valence-corrected chi connectivity index (χ2v) is 6.02. The molecule has 0 aromatic carbocycles. The lowest BCUT2D eigenvalue weighted by molar-refractivity contribution is -0.144. The van der Waals surface area contributed by atoms with Gasteiger partial charge < -0.3 is 14.2 Å². The zero-order chi connectivity index (χ0) is 12.1. The third-order valence-corrected chi connectivity index (χ3v) is 4.62. The van der Waals surface area contributed by atoms with Crippen LogP contribution in [0.4, 0.5) is 0 Å². The summed E-state index contributed by atoms with van der Waals surface area (Å²) < 4.78 is 17.8. The van der Waals surface area contributed by atoms with E-state index in [1.165, 1.54) is 0 Å². The lowest BCUT2D eigenvalue weighted by atomic mass is 9.92. The highest BCUT2D eigenvalue weighted by Gasteiger charge is 2.54. The van der Waals surface area contributed by atoms with Crippen LogP contribution in [0.15, 0.2) is 12.7 Å². The van der Waals surface area contributed by atoms with Gasteiger partial charge in [-0.2, -0.15) is 0 Å². The Morgan fingerprint density at radius 3 is 2.29 bits per heavy atom. The Kier molecular flexibility index (Phi) is 2.62. The monoisotopic (exact) mass is 238 g/mol. The maximum atomic E-state index is 6.27. The molecule has 3 fully saturated rings. The third kappa shape index (κ3) is 1.94. The summed E-state index contributed by atoms with van der Waals surface area (Å²) in [5, 5.41) is 0. The lowest BCUT2D eigenvalue weighted by Gasteiger charge is -2.33. The van der Waals surface area contributed by atoms with E-state index >= 15 is 0 Å². The average molecular weight is 238 g/mol. The molecule has 3 nitrogen and oxygen atoms in total. The van der Waals surface area contributed by atoms with E-state index in [1.807, 2.05) is 6.08 Å². The van der Waals surface area contributed by atoms with E-state index in [0.29, 0.717) is 6.10 Å². The molecule has 17 heavy (non-hydrogen) atoms. The summed E-state index contributed by atoms with van der Waals surface area (Å²) in [6.45, 7) is 9.03. The van der Waals surface area contributed by atoms with Gasteiger partial charge in [0.05, 0.1) is 30.0 Å². The third-order valence-electron chi connectivity index (χ3n) is 4.62. The molecular weight excluding hydrogens is 216 g/mol. The topological polar surface area (TPSA) is 31.0 Å². The fourth-order valence-corrected chi connectivity index (χ4v) is 3.22. The molecule has 3 rings (SSSR count). The number of ether oxygens (including phenoxy) is 3. The molecular formula is C14H22O3. The van der Waals surface area contributed by atoms with Crippen molar-refractivity contribution in [2.75, 3.05) is 6.61 Å². The van der Waals surface area contributed by atoms with Crippen LogP contribution < -0.4 is 0 Å². The number of epoxide rings is 1. The number of rotatable bonds is 3. The zero-order valence-corrected chi connectivity index (χ0v) is 10.8. The van der Waals surface area contributed by atoms with E-state index in [9.17, 15) is 0 Å². The SMILES string of the molecule is C=C[C@@H]1CC[C@@](C)([C@H]2CC[C@@](C)([C@H]3CO3)O2)O1. The minimum absolute atomic E-state index is 0.0801. The van der Waals surface area contributed by atoms with Gasteiger partial charge in [-0.3, -0.25) is 0 Å². The molecule has 0 N–H and O–H groups in total. The van der Waals surface area contributed by atoms with Crippen molar-refractivity contribution in [3.8, 4) is 0 Å². The van der Waals surface area contributed by atoms with Crippen molar-refractivity contribution >= 4 is 0 Å². The Morgan fingerprint density at radius 2 is 1.71 bits per heavy atom. The lowest BCUT2D eigenvalue weighted by Crippen LogP contribution is -2.42. The first-order valence-corrected chi connectivity index (χ1v) is 6.65. The molecule has 5 atom stereocenters. The summed E-state index contributed by atoms with van der Waals surface area (Å²) in [5.41, 5.74) is -0.213. The van der Waals surface area contributed by atoms with Gasteiger partial charge in [0.1, 0.15) is 6.10 Å². The molecule has 3 heterocycles. The average Bonchev–Trinajstić information content (AvgIpc) is 2.99. The molecule has 0 aliphatic carbocycles. The predicted octanol–water partition coefficient (Wildman–Crippen LogP) is 2.45. The fourth-order valence-electron chi connectivity index (χ4n) is 3.22. The van der Waals surface area contributed by atoms with Gasteiger partial charge in [-0.05, 0) is 39.5 Å². The van der Waals surface area contributed by atoms with Gasteiger partial charge in [0.15, 0.2) is 0 Å². The first-order chi connectivity index (χ1) is 8.06. The fraction of sp³-hybridized carbons (Fsp3) is 0.857. The van der Waals surface area contributed by atoms with Crippen LogP contribution in [0.1, 0.15) is 39.5 Å². The van der Waals surface area contributed by atoms with Crippen LogP contribution in [0.2, 0.25) is 0 Å². The van der Waals surface area contributed by atoms with Crippen LogP contribution in [0.5, 0.6) is 0 Å². The van der Waals surface area contributed by atoms with E-state index in [4.69, 9.17) is 14.2 Å². The highest BCUT2D eigenvalue weighted by atomic mass is 16.6. The van der Waals surface area contributed by atoms with Crippen LogP contribution in [-0.2, 0) is 14.2 Å². The van der Waals surface area contributed by atoms with Crippen molar-refractivity contribution in [3.63, 3.8) is 0 Å². The largest absolute Gasteiger partial charge is 0.370 e. The van der Waals surface area contributed by atoms with Crippen LogP contribution in [0.25, 0.3) is 0 Å². The van der Waals surface area contributed by atoms with Crippen molar-refractivity contribution in [3.05, 3.63) is 12.7 Å². The normalized spacial score (nSPS) is 53.9. The van der Waals surface area contributed by atoms with Crippen LogP contribution in [0, 0.1) is 0 Å². The molecule has 0 aromatic rings. The molecule has 3 heteroatoms. The Bertz CT molecular complexity index is 325. The summed E-state index contributed by atoms with van der Waals surface area (Å²) >= 11 is 0. The van der Waals surface area contributed by atoms with Crippen molar-refractivity contribution in [1.29, 1.82) is 0 Å². The molecule has 0 aromatic heterocycles. The van der Waals surface area contributed by atoms with Gasteiger partial charge in [0.2, 0.25) is 0 Å². The Morgan fingerprint density at radius 1 is 1.06 bits per heavy atom. The summed E-state index contributed by atoms with van der Waals surface area (Å²) in [4.78, 5) is 0. The molecule has 3 aliphatic rings. The highest BCUT2D eigenvalue weighted by Crippen LogP contribution is 2.46. The molecule has 0 bridgehead atoms. The van der Waals surface area contributed by atoms with Crippen molar-refractivity contribution in [2.24, 2.45) is 0 Å². The van der Waals surface area contributed by atoms with Crippen LogP contribution >= 0.6 is 0 Å². The molecule has 0 radical (unpaired) electrons. The molecule has 0 unspecified atom stereocenters. The highest BCUT2D eigenvalue weighted by molar-refractivity contribution is 5.04. The Labute approximate surface area is 103 Å². The van der Waals surface area contributed by atoms with Crippen molar-refractivity contribution in [2.45, 2.75) is 69.0 Å². The second kappa shape index (κ2) is 3.81. The standard InChI is InChI=1S/C14H22O3/c1-4-10-5-7-13(2,16-10)11-6-8-14(3,17-11)12-9-15-12/h4,10-12H,1,5-9H2,2-3H3/t10-,11-,12-,13+,14+/m1/s1. The first-order valence-electron chi connectivity index (χ1n) is 6.65. The molecule has 0 saturated carbocycles. The maximum absolute atomic E-state index is 6.27. The summed E-state index contributed by atoms with van der Waals surface area (Å²) in [6, 6.07) is 0. The second-order valence-electron chi connectivity index (χ2n) is 6.02. The Hall–Kier alpha value is -0.380. The minimum Gasteiger partial charge on any atom is -0.370 e. The molecule has 0 spiro atoms. The maximum Gasteiger partial charge on any atom is 0.110 e. The van der Waals surface area contributed by atoms with E-state index in [2.05, 4.69) is 20.4 Å². The van der Waals surface area contributed by atoms with Gasteiger partial charge >= 0.3 is 0 Å². The van der Waals surface area contributed by atoms with Gasteiger partial charge in [-0.1, -0.05) is 6.08 Å². The van der Waals surface area contributed by atoms with Gasteiger partial charge in [0.25, 0.3) is 0 Å². The smallest absolute Gasteiger partial charge is 0.110 e. The summed E-state index contributed by atoms with van der Waals surface area (Å²) in [6.07, 6.45) is 6.93. The molecule has 3 saturated heterocycles. The van der Waals surface area contributed by atoms with Gasteiger partial charge in [-0.25, -0.2) is 0 Å². The van der Waals surface area contributed by atoms with Gasteiger partial charge in [-0.15, -0.1) is 6.58 Å².